The van der Waals surface area contributed by atoms with Gasteiger partial charge in [-0.2, -0.15) is 0 Å². The summed E-state index contributed by atoms with van der Waals surface area (Å²) in [5, 5.41) is 10.7. The van der Waals surface area contributed by atoms with Crippen molar-refractivity contribution in [3.63, 3.8) is 0 Å². The molecule has 2 aromatic carbocycles. The van der Waals surface area contributed by atoms with Crippen molar-refractivity contribution in [2.75, 3.05) is 0 Å². The zero-order valence-corrected chi connectivity index (χ0v) is 9.24. The van der Waals surface area contributed by atoms with Gasteiger partial charge in [0, 0.05) is 5.56 Å². The topological polar surface area (TPSA) is 40.1 Å². The molecule has 0 atom stereocenters. The Labute approximate surface area is 98.3 Å². The maximum absolute atomic E-state index is 13.7. The monoisotopic (exact) mass is 229 g/mol. The summed E-state index contributed by atoms with van der Waals surface area (Å²) in [6.07, 6.45) is 0. The van der Waals surface area contributed by atoms with Crippen molar-refractivity contribution in [1.82, 2.24) is 0 Å². The van der Waals surface area contributed by atoms with Crippen LogP contribution in [-0.4, -0.2) is 5.97 Å². The molecular weight excluding hydrogens is 219 g/mol. The first kappa shape index (κ1) is 11.3. The van der Waals surface area contributed by atoms with E-state index in [1.165, 1.54) is 12.1 Å². The van der Waals surface area contributed by atoms with Crippen LogP contribution >= 0.6 is 0 Å². The van der Waals surface area contributed by atoms with Gasteiger partial charge in [-0.1, -0.05) is 30.3 Å². The highest BCUT2D eigenvalue weighted by Crippen LogP contribution is 2.26. The summed E-state index contributed by atoms with van der Waals surface area (Å²) in [6.45, 7) is 1.85. The van der Waals surface area contributed by atoms with Crippen LogP contribution in [0, 0.1) is 12.7 Å². The number of aromatic carboxylic acids is 1. The van der Waals surface area contributed by atoms with Crippen LogP contribution in [0.3, 0.4) is 0 Å². The van der Waals surface area contributed by atoms with Gasteiger partial charge in [0.25, 0.3) is 0 Å². The van der Waals surface area contributed by atoms with Crippen molar-refractivity contribution in [2.45, 2.75) is 6.92 Å². The van der Waals surface area contributed by atoms with Crippen LogP contribution < -0.4 is 5.11 Å². The Kier molecular flexibility index (Phi) is 2.91. The number of aryl methyl sites for hydroxylation is 1. The van der Waals surface area contributed by atoms with E-state index in [0.717, 1.165) is 11.6 Å². The van der Waals surface area contributed by atoms with Gasteiger partial charge in [-0.25, -0.2) is 4.39 Å². The molecule has 86 valence electrons. The SMILES string of the molecule is Cc1ccccc1-c1cc(C(=O)[O-])ccc1F. The summed E-state index contributed by atoms with van der Waals surface area (Å²) in [5.41, 5.74) is 1.84. The highest BCUT2D eigenvalue weighted by molar-refractivity contribution is 5.88. The smallest absolute Gasteiger partial charge is 0.131 e. The van der Waals surface area contributed by atoms with Gasteiger partial charge >= 0.3 is 0 Å². The highest BCUT2D eigenvalue weighted by Gasteiger charge is 2.08. The predicted octanol–water partition coefficient (Wildman–Crippen LogP) is 2.16. The zero-order chi connectivity index (χ0) is 12.4. The molecule has 2 aromatic rings. The number of hydrogen-bond acceptors (Lipinski definition) is 2. The number of carbonyl (C=O) groups excluding carboxylic acids is 1. The van der Waals surface area contributed by atoms with Gasteiger partial charge in [0.05, 0.1) is 5.97 Å². The highest BCUT2D eigenvalue weighted by atomic mass is 19.1. The largest absolute Gasteiger partial charge is 0.545 e. The van der Waals surface area contributed by atoms with Crippen molar-refractivity contribution >= 4 is 5.97 Å². The minimum atomic E-state index is -1.31. The molecule has 0 spiro atoms. The van der Waals surface area contributed by atoms with Crippen molar-refractivity contribution < 1.29 is 14.3 Å². The molecule has 0 amide bonds. The molecule has 0 fully saturated rings. The lowest BCUT2D eigenvalue weighted by Gasteiger charge is -2.10. The van der Waals surface area contributed by atoms with Crippen molar-refractivity contribution in [1.29, 1.82) is 0 Å². The van der Waals surface area contributed by atoms with E-state index in [1.807, 2.05) is 19.1 Å². The molecule has 0 aromatic heterocycles. The fourth-order valence-electron chi connectivity index (χ4n) is 1.73. The van der Waals surface area contributed by atoms with E-state index in [9.17, 15) is 14.3 Å². The lowest BCUT2D eigenvalue weighted by atomic mass is 9.98. The molecule has 0 N–H and O–H groups in total. The third kappa shape index (κ3) is 2.18. The van der Waals surface area contributed by atoms with E-state index in [1.54, 1.807) is 12.1 Å². The van der Waals surface area contributed by atoms with E-state index >= 15 is 0 Å². The van der Waals surface area contributed by atoms with Crippen LogP contribution in [0.15, 0.2) is 42.5 Å². The van der Waals surface area contributed by atoms with Gasteiger partial charge < -0.3 is 9.90 Å². The van der Waals surface area contributed by atoms with Gasteiger partial charge in [0.15, 0.2) is 0 Å². The molecule has 0 radical (unpaired) electrons. The zero-order valence-electron chi connectivity index (χ0n) is 9.24. The molecule has 2 rings (SSSR count). The second kappa shape index (κ2) is 4.37. The van der Waals surface area contributed by atoms with Crippen molar-refractivity contribution in [2.24, 2.45) is 0 Å². The molecule has 0 unspecified atom stereocenters. The molecule has 0 aliphatic carbocycles. The van der Waals surface area contributed by atoms with Gasteiger partial charge in [-0.15, -0.1) is 0 Å². The minimum absolute atomic E-state index is 0.0235. The summed E-state index contributed by atoms with van der Waals surface area (Å²) < 4.78 is 13.7. The first-order chi connectivity index (χ1) is 8.09. The lowest BCUT2D eigenvalue weighted by Crippen LogP contribution is -2.22. The van der Waals surface area contributed by atoms with Crippen LogP contribution in [0.4, 0.5) is 4.39 Å². The Morgan fingerprint density at radius 3 is 2.47 bits per heavy atom. The Morgan fingerprint density at radius 1 is 1.12 bits per heavy atom. The third-order valence-corrected chi connectivity index (χ3v) is 2.64. The van der Waals surface area contributed by atoms with Gasteiger partial charge in [0.1, 0.15) is 5.82 Å². The van der Waals surface area contributed by atoms with Crippen LogP contribution in [0.5, 0.6) is 0 Å². The third-order valence-electron chi connectivity index (χ3n) is 2.64. The molecule has 17 heavy (non-hydrogen) atoms. The number of rotatable bonds is 2. The minimum Gasteiger partial charge on any atom is -0.545 e. The van der Waals surface area contributed by atoms with Crippen LogP contribution in [0.25, 0.3) is 11.1 Å². The Hall–Kier alpha value is -2.16. The average molecular weight is 229 g/mol. The summed E-state index contributed by atoms with van der Waals surface area (Å²) in [4.78, 5) is 10.7. The van der Waals surface area contributed by atoms with Crippen molar-refractivity contribution in [3.8, 4) is 11.1 Å². The molecule has 0 saturated heterocycles. The van der Waals surface area contributed by atoms with E-state index in [2.05, 4.69) is 0 Å². The predicted molar refractivity (Wildman–Crippen MR) is 60.9 cm³/mol. The average Bonchev–Trinajstić information content (AvgIpc) is 2.30. The number of benzene rings is 2. The molecule has 3 heteroatoms. The molecule has 0 saturated carbocycles. The van der Waals surface area contributed by atoms with Crippen LogP contribution in [0.2, 0.25) is 0 Å². The van der Waals surface area contributed by atoms with Gasteiger partial charge in [-0.05, 0) is 35.7 Å². The molecular formula is C14H10FO2-. The molecule has 0 bridgehead atoms. The van der Waals surface area contributed by atoms with Crippen molar-refractivity contribution in [3.05, 3.63) is 59.4 Å². The lowest BCUT2D eigenvalue weighted by molar-refractivity contribution is -0.255. The maximum Gasteiger partial charge on any atom is 0.131 e. The first-order valence-electron chi connectivity index (χ1n) is 5.16. The molecule has 0 aliphatic heterocycles. The molecule has 0 heterocycles. The summed E-state index contributed by atoms with van der Waals surface area (Å²) >= 11 is 0. The van der Waals surface area contributed by atoms with E-state index < -0.39 is 11.8 Å². The molecule has 0 aliphatic rings. The Bertz CT molecular complexity index is 576. The fourth-order valence-corrected chi connectivity index (χ4v) is 1.73. The standard InChI is InChI=1S/C14H11FO2/c1-9-4-2-3-5-11(9)12-8-10(14(16)17)6-7-13(12)15/h2-8H,1H3,(H,16,17)/p-1. The van der Waals surface area contributed by atoms with E-state index in [4.69, 9.17) is 0 Å². The van der Waals surface area contributed by atoms with Crippen LogP contribution in [0.1, 0.15) is 15.9 Å². The first-order valence-corrected chi connectivity index (χ1v) is 5.16. The summed E-state index contributed by atoms with van der Waals surface area (Å²) in [6, 6.07) is 10.9. The van der Waals surface area contributed by atoms with E-state index in [-0.39, 0.29) is 11.1 Å². The number of halogens is 1. The number of carbonyl (C=O) groups is 1. The Balaban J connectivity index is 2.63. The van der Waals surface area contributed by atoms with Gasteiger partial charge in [0.2, 0.25) is 0 Å². The summed E-state index contributed by atoms with van der Waals surface area (Å²) in [5.74, 6) is -1.75. The Morgan fingerprint density at radius 2 is 1.82 bits per heavy atom. The number of carboxylic acid groups (broad SMARTS) is 1. The second-order valence-electron chi connectivity index (χ2n) is 3.80. The number of carboxylic acids is 1. The normalized spacial score (nSPS) is 10.2. The van der Waals surface area contributed by atoms with E-state index in [0.29, 0.717) is 5.56 Å². The summed E-state index contributed by atoms with van der Waals surface area (Å²) in [7, 11) is 0. The molecule has 2 nitrogen and oxygen atoms in total. The quantitative estimate of drug-likeness (QED) is 0.791. The number of hydrogen-bond donors (Lipinski definition) is 0. The second-order valence-corrected chi connectivity index (χ2v) is 3.80. The van der Waals surface area contributed by atoms with Crippen LogP contribution in [-0.2, 0) is 0 Å². The fraction of sp³-hybridized carbons (Fsp3) is 0.0714. The van der Waals surface area contributed by atoms with Gasteiger partial charge in [-0.3, -0.25) is 0 Å². The maximum atomic E-state index is 13.7.